The lowest BCUT2D eigenvalue weighted by molar-refractivity contribution is -0.189. The molecule has 0 heterocycles. The third-order valence-electron chi connectivity index (χ3n) is 10.8. The molecule has 4 saturated carbocycles. The van der Waals surface area contributed by atoms with Gasteiger partial charge in [-0.25, -0.2) is 0 Å². The third-order valence-corrected chi connectivity index (χ3v) is 10.8. The average Bonchev–Trinajstić information content (AvgIpc) is 2.72. The molecule has 4 nitrogen and oxygen atoms in total. The van der Waals surface area contributed by atoms with Crippen LogP contribution in [-0.4, -0.2) is 30.3 Å². The topological polar surface area (TPSA) is 72.5 Å². The molecule has 3 N–H and O–H groups in total. The van der Waals surface area contributed by atoms with Crippen molar-refractivity contribution in [2.45, 2.75) is 104 Å². The Bertz CT molecular complexity index is 638. The van der Waals surface area contributed by atoms with Gasteiger partial charge in [-0.2, -0.15) is 0 Å². The van der Waals surface area contributed by atoms with Gasteiger partial charge in [-0.3, -0.25) is 4.79 Å². The summed E-state index contributed by atoms with van der Waals surface area (Å²) in [5.41, 5.74) is 7.00. The summed E-state index contributed by atoms with van der Waals surface area (Å²) in [4.78, 5) is 11.7. The predicted octanol–water partition coefficient (Wildman–Crippen LogP) is 4.92. The van der Waals surface area contributed by atoms with E-state index in [9.17, 15) is 9.90 Å². The standard InChI is InChI=1S/C26H45NO3/c1-16(8-9-23(29)30-4)19-6-5-7-20-24-21(11-13-26(19,20)3)25(2)12-10-18(27)14-17(25)15-22(24)28/h16-22,24,28H,5-15,27H2,1-4H3/t16?,17?,18?,19-,20?,21?,22?,24?,25+,26-/m1/s1. The van der Waals surface area contributed by atoms with E-state index in [4.69, 9.17) is 10.5 Å². The smallest absolute Gasteiger partial charge is 0.305 e. The molecule has 0 aromatic rings. The van der Waals surface area contributed by atoms with Gasteiger partial charge in [-0.05, 0) is 104 Å². The van der Waals surface area contributed by atoms with Gasteiger partial charge in [0.15, 0.2) is 0 Å². The van der Waals surface area contributed by atoms with Gasteiger partial charge >= 0.3 is 5.97 Å². The van der Waals surface area contributed by atoms with Gasteiger partial charge in [-0.15, -0.1) is 0 Å². The molecule has 10 atom stereocenters. The summed E-state index contributed by atoms with van der Waals surface area (Å²) < 4.78 is 4.89. The number of carbonyl (C=O) groups is 1. The monoisotopic (exact) mass is 419 g/mol. The van der Waals surface area contributed by atoms with Gasteiger partial charge < -0.3 is 15.6 Å². The fourth-order valence-corrected chi connectivity index (χ4v) is 9.08. The van der Waals surface area contributed by atoms with Crippen molar-refractivity contribution in [2.75, 3.05) is 7.11 Å². The molecular weight excluding hydrogens is 374 g/mol. The highest BCUT2D eigenvalue weighted by molar-refractivity contribution is 5.69. The van der Waals surface area contributed by atoms with Gasteiger partial charge in [0.2, 0.25) is 0 Å². The second-order valence-corrected chi connectivity index (χ2v) is 12.0. The number of fused-ring (bicyclic) bond motifs is 5. The number of hydrogen-bond acceptors (Lipinski definition) is 4. The molecule has 172 valence electrons. The van der Waals surface area contributed by atoms with Crippen LogP contribution in [-0.2, 0) is 9.53 Å². The molecule has 4 rings (SSSR count). The van der Waals surface area contributed by atoms with Crippen LogP contribution in [0.15, 0.2) is 0 Å². The normalized spacial score (nSPS) is 49.3. The first kappa shape index (κ1) is 22.6. The quantitative estimate of drug-likeness (QED) is 0.634. The number of aliphatic hydroxyl groups is 1. The Morgan fingerprint density at radius 2 is 1.80 bits per heavy atom. The highest BCUT2D eigenvalue weighted by Gasteiger charge is 2.61. The Labute approximate surface area is 183 Å². The van der Waals surface area contributed by atoms with Gasteiger partial charge in [-0.1, -0.05) is 27.2 Å². The summed E-state index contributed by atoms with van der Waals surface area (Å²) in [5.74, 6) is 3.43. The van der Waals surface area contributed by atoms with Crippen LogP contribution in [0.3, 0.4) is 0 Å². The van der Waals surface area contributed by atoms with Gasteiger partial charge in [0.1, 0.15) is 0 Å². The van der Waals surface area contributed by atoms with Gasteiger partial charge in [0.25, 0.3) is 0 Å². The van der Waals surface area contributed by atoms with Crippen molar-refractivity contribution in [1.82, 2.24) is 0 Å². The average molecular weight is 420 g/mol. The third kappa shape index (κ3) is 3.64. The van der Waals surface area contributed by atoms with E-state index in [-0.39, 0.29) is 12.1 Å². The van der Waals surface area contributed by atoms with Crippen molar-refractivity contribution in [1.29, 1.82) is 0 Å². The number of rotatable bonds is 4. The van der Waals surface area contributed by atoms with E-state index in [1.54, 1.807) is 0 Å². The Hall–Kier alpha value is -0.610. The molecule has 7 unspecified atom stereocenters. The summed E-state index contributed by atoms with van der Waals surface area (Å²) in [6.07, 6.45) is 12.1. The minimum atomic E-state index is -0.160. The van der Waals surface area contributed by atoms with Crippen molar-refractivity contribution in [3.05, 3.63) is 0 Å². The van der Waals surface area contributed by atoms with Crippen LogP contribution < -0.4 is 5.73 Å². The van der Waals surface area contributed by atoms with E-state index >= 15 is 0 Å². The molecule has 0 aromatic heterocycles. The number of nitrogens with two attached hydrogens (primary N) is 1. The molecule has 0 aliphatic heterocycles. The van der Waals surface area contributed by atoms with Crippen molar-refractivity contribution in [2.24, 2.45) is 52.1 Å². The van der Waals surface area contributed by atoms with Crippen LogP contribution >= 0.6 is 0 Å². The molecule has 0 amide bonds. The number of esters is 1. The van der Waals surface area contributed by atoms with E-state index in [1.807, 2.05) is 0 Å². The number of aliphatic hydroxyl groups excluding tert-OH is 1. The molecule has 0 spiro atoms. The van der Waals surface area contributed by atoms with Crippen LogP contribution in [0.4, 0.5) is 0 Å². The van der Waals surface area contributed by atoms with Gasteiger partial charge in [0, 0.05) is 12.5 Å². The summed E-state index contributed by atoms with van der Waals surface area (Å²) in [5, 5.41) is 11.4. The zero-order valence-electron chi connectivity index (χ0n) is 19.7. The van der Waals surface area contributed by atoms with Crippen LogP contribution in [0.2, 0.25) is 0 Å². The lowest BCUT2D eigenvalue weighted by Gasteiger charge is -2.65. The molecule has 4 fully saturated rings. The number of ether oxygens (including phenoxy) is 1. The molecule has 30 heavy (non-hydrogen) atoms. The summed E-state index contributed by atoms with van der Waals surface area (Å²) in [6.45, 7) is 7.42. The first-order valence-electron chi connectivity index (χ1n) is 12.7. The SMILES string of the molecule is COC(=O)CCC(C)[C@H]1CCCC2C3C(O)CC4CC(N)CC[C@]4(C)C3CC[C@@]21C. The molecule has 4 heteroatoms. The summed E-state index contributed by atoms with van der Waals surface area (Å²) in [7, 11) is 1.49. The summed E-state index contributed by atoms with van der Waals surface area (Å²) >= 11 is 0. The first-order valence-corrected chi connectivity index (χ1v) is 12.7. The maximum absolute atomic E-state index is 11.7. The maximum Gasteiger partial charge on any atom is 0.305 e. The molecule has 4 aliphatic rings. The van der Waals surface area contributed by atoms with Crippen LogP contribution in [0, 0.1) is 46.3 Å². The molecule has 4 aliphatic carbocycles. The van der Waals surface area contributed by atoms with Crippen molar-refractivity contribution >= 4 is 5.97 Å². The molecule has 0 radical (unpaired) electrons. The largest absolute Gasteiger partial charge is 0.469 e. The fraction of sp³-hybridized carbons (Fsp3) is 0.962. The number of hydrogen-bond donors (Lipinski definition) is 2. The Balaban J connectivity index is 1.55. The van der Waals surface area contributed by atoms with E-state index < -0.39 is 0 Å². The molecule has 0 saturated heterocycles. The molecular formula is C26H45NO3. The highest BCUT2D eigenvalue weighted by atomic mass is 16.5. The second kappa shape index (κ2) is 8.39. The fourth-order valence-electron chi connectivity index (χ4n) is 9.08. The zero-order valence-corrected chi connectivity index (χ0v) is 19.7. The van der Waals surface area contributed by atoms with Crippen molar-refractivity contribution in [3.8, 4) is 0 Å². The second-order valence-electron chi connectivity index (χ2n) is 12.0. The van der Waals surface area contributed by atoms with Crippen LogP contribution in [0.1, 0.15) is 91.4 Å². The minimum Gasteiger partial charge on any atom is -0.469 e. The number of carbonyl (C=O) groups excluding carboxylic acids is 1. The lowest BCUT2D eigenvalue weighted by atomic mass is 9.40. The lowest BCUT2D eigenvalue weighted by Crippen LogP contribution is -2.61. The zero-order chi connectivity index (χ0) is 21.7. The van der Waals surface area contributed by atoms with E-state index in [0.29, 0.717) is 58.8 Å². The Kier molecular flexibility index (Phi) is 6.31. The Morgan fingerprint density at radius 1 is 1.10 bits per heavy atom. The van der Waals surface area contributed by atoms with E-state index in [2.05, 4.69) is 20.8 Å². The van der Waals surface area contributed by atoms with Crippen molar-refractivity contribution in [3.63, 3.8) is 0 Å². The van der Waals surface area contributed by atoms with E-state index in [0.717, 1.165) is 25.7 Å². The minimum absolute atomic E-state index is 0.0831. The highest BCUT2D eigenvalue weighted by Crippen LogP contribution is 2.67. The Morgan fingerprint density at radius 3 is 2.53 bits per heavy atom. The van der Waals surface area contributed by atoms with E-state index in [1.165, 1.54) is 45.6 Å². The van der Waals surface area contributed by atoms with Crippen LogP contribution in [0.25, 0.3) is 0 Å². The molecule has 0 bridgehead atoms. The number of methoxy groups -OCH3 is 1. The molecule has 0 aromatic carbocycles. The van der Waals surface area contributed by atoms with Crippen molar-refractivity contribution < 1.29 is 14.6 Å². The van der Waals surface area contributed by atoms with Gasteiger partial charge in [0.05, 0.1) is 13.2 Å². The maximum atomic E-state index is 11.7. The summed E-state index contributed by atoms with van der Waals surface area (Å²) in [6, 6.07) is 0.329. The first-order chi connectivity index (χ1) is 14.2. The predicted molar refractivity (Wildman–Crippen MR) is 120 cm³/mol. The van der Waals surface area contributed by atoms with Crippen LogP contribution in [0.5, 0.6) is 0 Å².